The number of allylic oxidation sites excluding steroid dienone is 3. The molecule has 3 amide bonds. The number of carbonyl (C=O) groups excluding carboxylic acids is 3. The standard InChI is InChI=1S/C25H25ClN4O3S/c26-17-8-9-21(34)19(12-17)23(31)29-20-3-1-2-18-22(20)25(33)30(24(18)32)14-16-6-4-15(5-7-16)13-28-11-10-27/h1-3,8,12,15-16,28H,4-7,9,11,13-14H2,(H,29,31)/t15-,16-. The van der Waals surface area contributed by atoms with Crippen LogP contribution in [0.3, 0.4) is 0 Å². The maximum absolute atomic E-state index is 13.3. The molecule has 1 aromatic rings. The Morgan fingerprint density at radius 3 is 2.65 bits per heavy atom. The van der Waals surface area contributed by atoms with Gasteiger partial charge in [0.2, 0.25) is 0 Å². The number of amides is 3. The van der Waals surface area contributed by atoms with Crippen molar-refractivity contribution in [3.8, 4) is 6.07 Å². The molecule has 0 spiro atoms. The minimum Gasteiger partial charge on any atom is -0.321 e. The lowest BCUT2D eigenvalue weighted by Crippen LogP contribution is -2.37. The molecule has 7 nitrogen and oxygen atoms in total. The number of rotatable bonds is 7. The lowest BCUT2D eigenvalue weighted by atomic mass is 9.81. The summed E-state index contributed by atoms with van der Waals surface area (Å²) in [6.07, 6.45) is 7.50. The highest BCUT2D eigenvalue weighted by Crippen LogP contribution is 2.34. The van der Waals surface area contributed by atoms with Crippen LogP contribution in [0.15, 0.2) is 41.0 Å². The van der Waals surface area contributed by atoms with Gasteiger partial charge in [-0.25, -0.2) is 0 Å². The highest BCUT2D eigenvalue weighted by Gasteiger charge is 2.39. The zero-order chi connectivity index (χ0) is 24.2. The summed E-state index contributed by atoms with van der Waals surface area (Å²) < 4.78 is 0. The van der Waals surface area contributed by atoms with Gasteiger partial charge in [0.15, 0.2) is 0 Å². The molecule has 3 aliphatic rings. The highest BCUT2D eigenvalue weighted by molar-refractivity contribution is 7.81. The van der Waals surface area contributed by atoms with E-state index in [1.54, 1.807) is 24.3 Å². The monoisotopic (exact) mass is 496 g/mol. The third-order valence-electron chi connectivity index (χ3n) is 6.60. The minimum absolute atomic E-state index is 0.221. The topological polar surface area (TPSA) is 102 Å². The van der Waals surface area contributed by atoms with E-state index in [1.807, 2.05) is 0 Å². The van der Waals surface area contributed by atoms with Crippen LogP contribution in [0.5, 0.6) is 0 Å². The van der Waals surface area contributed by atoms with Crippen LogP contribution < -0.4 is 10.6 Å². The fourth-order valence-electron chi connectivity index (χ4n) is 4.77. The van der Waals surface area contributed by atoms with Gasteiger partial charge in [-0.2, -0.15) is 5.26 Å². The van der Waals surface area contributed by atoms with Crippen molar-refractivity contribution in [2.45, 2.75) is 32.1 Å². The second kappa shape index (κ2) is 10.6. The molecule has 1 saturated carbocycles. The molecule has 1 aliphatic heterocycles. The van der Waals surface area contributed by atoms with Crippen LogP contribution in [0.2, 0.25) is 0 Å². The Bertz CT molecular complexity index is 1150. The third kappa shape index (κ3) is 5.12. The highest BCUT2D eigenvalue weighted by atomic mass is 35.5. The number of carbonyl (C=O) groups is 3. The lowest BCUT2D eigenvalue weighted by molar-refractivity contribution is -0.112. The van der Waals surface area contributed by atoms with Crippen LogP contribution in [0, 0.1) is 23.2 Å². The van der Waals surface area contributed by atoms with Gasteiger partial charge >= 0.3 is 0 Å². The molecule has 2 aliphatic carbocycles. The van der Waals surface area contributed by atoms with E-state index in [0.717, 1.165) is 32.2 Å². The van der Waals surface area contributed by atoms with Gasteiger partial charge in [0.05, 0.1) is 35.0 Å². The average Bonchev–Trinajstić information content (AvgIpc) is 3.07. The molecule has 0 unspecified atom stereocenters. The predicted octanol–water partition coefficient (Wildman–Crippen LogP) is 3.96. The first-order chi connectivity index (χ1) is 16.4. The summed E-state index contributed by atoms with van der Waals surface area (Å²) in [4.78, 5) is 40.9. The molecule has 9 heteroatoms. The van der Waals surface area contributed by atoms with E-state index in [4.69, 9.17) is 29.1 Å². The molecule has 1 heterocycles. The maximum Gasteiger partial charge on any atom is 0.263 e. The van der Waals surface area contributed by atoms with Gasteiger partial charge in [-0.3, -0.25) is 19.3 Å². The van der Waals surface area contributed by atoms with E-state index in [9.17, 15) is 14.4 Å². The van der Waals surface area contributed by atoms with E-state index >= 15 is 0 Å². The molecule has 176 valence electrons. The molecule has 1 fully saturated rings. The summed E-state index contributed by atoms with van der Waals surface area (Å²) in [7, 11) is 0. The van der Waals surface area contributed by atoms with E-state index in [1.165, 1.54) is 11.0 Å². The van der Waals surface area contributed by atoms with Crippen molar-refractivity contribution in [3.63, 3.8) is 0 Å². The molecule has 1 aromatic carbocycles. The molecule has 0 bridgehead atoms. The maximum atomic E-state index is 13.3. The molecular formula is C25H25ClN4O3S. The fraction of sp³-hybridized carbons (Fsp3) is 0.400. The van der Waals surface area contributed by atoms with Crippen molar-refractivity contribution in [1.82, 2.24) is 10.2 Å². The number of hydrogen-bond acceptors (Lipinski definition) is 6. The first-order valence-electron chi connectivity index (χ1n) is 11.4. The van der Waals surface area contributed by atoms with Crippen LogP contribution in [-0.4, -0.2) is 47.1 Å². The van der Waals surface area contributed by atoms with Crippen molar-refractivity contribution in [2.75, 3.05) is 25.0 Å². The number of thiocarbonyl (C=S) groups is 1. The summed E-state index contributed by atoms with van der Waals surface area (Å²) in [5.41, 5.74) is 1.11. The van der Waals surface area contributed by atoms with Crippen molar-refractivity contribution < 1.29 is 14.4 Å². The van der Waals surface area contributed by atoms with Crippen LogP contribution in [0.1, 0.15) is 52.8 Å². The minimum atomic E-state index is -0.452. The number of imide groups is 1. The van der Waals surface area contributed by atoms with Gasteiger partial charge in [-0.05, 0) is 62.3 Å². The Kier molecular flexibility index (Phi) is 7.57. The largest absolute Gasteiger partial charge is 0.321 e. The van der Waals surface area contributed by atoms with Crippen molar-refractivity contribution >= 4 is 52.1 Å². The van der Waals surface area contributed by atoms with Crippen LogP contribution in [-0.2, 0) is 4.79 Å². The third-order valence-corrected chi connectivity index (χ3v) is 7.25. The molecule has 34 heavy (non-hydrogen) atoms. The zero-order valence-corrected chi connectivity index (χ0v) is 20.2. The Balaban J connectivity index is 1.43. The molecule has 0 radical (unpaired) electrons. The smallest absolute Gasteiger partial charge is 0.263 e. The quantitative estimate of drug-likeness (QED) is 0.256. The second-order valence-corrected chi connectivity index (χ2v) is 9.78. The molecule has 4 rings (SSSR count). The fourth-order valence-corrected chi connectivity index (χ4v) is 5.19. The number of nitriles is 1. The van der Waals surface area contributed by atoms with Crippen LogP contribution >= 0.6 is 23.8 Å². The normalized spacial score (nSPS) is 22.1. The number of hydrogen-bond donors (Lipinski definition) is 2. The first kappa shape index (κ1) is 24.3. The zero-order valence-electron chi connectivity index (χ0n) is 18.6. The Morgan fingerprint density at radius 2 is 1.91 bits per heavy atom. The number of benzene rings is 1. The summed E-state index contributed by atoms with van der Waals surface area (Å²) in [6.45, 7) is 1.53. The number of nitrogens with one attached hydrogen (secondary N) is 2. The number of nitrogens with zero attached hydrogens (tertiary/aromatic N) is 2. The van der Waals surface area contributed by atoms with Crippen LogP contribution in [0.25, 0.3) is 0 Å². The van der Waals surface area contributed by atoms with E-state index in [-0.39, 0.29) is 28.9 Å². The van der Waals surface area contributed by atoms with E-state index in [2.05, 4.69) is 16.7 Å². The van der Waals surface area contributed by atoms with Crippen molar-refractivity contribution in [3.05, 3.63) is 52.1 Å². The summed E-state index contributed by atoms with van der Waals surface area (Å²) in [5.74, 6) is -0.408. The first-order valence-corrected chi connectivity index (χ1v) is 12.2. The number of halogens is 1. The van der Waals surface area contributed by atoms with Gasteiger partial charge in [0.25, 0.3) is 17.7 Å². The second-order valence-electron chi connectivity index (χ2n) is 8.85. The van der Waals surface area contributed by atoms with Gasteiger partial charge in [-0.1, -0.05) is 36.0 Å². The molecule has 0 saturated heterocycles. The Morgan fingerprint density at radius 1 is 1.18 bits per heavy atom. The average molecular weight is 497 g/mol. The summed E-state index contributed by atoms with van der Waals surface area (Å²) in [5, 5.41) is 15.0. The van der Waals surface area contributed by atoms with Gasteiger partial charge < -0.3 is 10.6 Å². The SMILES string of the molecule is N#CCNC[C@H]1CC[C@H](CN2C(=O)c3cccc(NC(=O)C4=CC(Cl)=CCC4=S)c3C2=O)CC1. The van der Waals surface area contributed by atoms with Gasteiger partial charge in [0.1, 0.15) is 0 Å². The summed E-state index contributed by atoms with van der Waals surface area (Å²) >= 11 is 11.3. The van der Waals surface area contributed by atoms with Gasteiger partial charge in [0, 0.05) is 22.9 Å². The van der Waals surface area contributed by atoms with E-state index in [0.29, 0.717) is 46.6 Å². The Hall–Kier alpha value is -2.86. The van der Waals surface area contributed by atoms with E-state index < -0.39 is 5.91 Å². The predicted molar refractivity (Wildman–Crippen MR) is 134 cm³/mol. The van der Waals surface area contributed by atoms with Crippen molar-refractivity contribution in [2.24, 2.45) is 11.8 Å². The molecule has 0 atom stereocenters. The molecule has 0 aromatic heterocycles. The van der Waals surface area contributed by atoms with Gasteiger partial charge in [-0.15, -0.1) is 0 Å². The van der Waals surface area contributed by atoms with Crippen LogP contribution in [0.4, 0.5) is 5.69 Å². The Labute approximate surface area is 208 Å². The molecule has 2 N–H and O–H groups in total. The van der Waals surface area contributed by atoms with Crippen molar-refractivity contribution in [1.29, 1.82) is 5.26 Å². The number of fused-ring (bicyclic) bond motifs is 1. The molecular weight excluding hydrogens is 472 g/mol. The lowest BCUT2D eigenvalue weighted by Gasteiger charge is -2.30. The number of anilines is 1. The summed E-state index contributed by atoms with van der Waals surface area (Å²) in [6, 6.07) is 6.98.